The van der Waals surface area contributed by atoms with Crippen LogP contribution in [0.5, 0.6) is 0 Å². The van der Waals surface area contributed by atoms with E-state index in [2.05, 4.69) is 32.8 Å². The summed E-state index contributed by atoms with van der Waals surface area (Å²) in [6, 6.07) is 7.59. The van der Waals surface area contributed by atoms with Crippen LogP contribution in [0.2, 0.25) is 0 Å². The molecule has 2 aromatic rings. The number of benzene rings is 1. The van der Waals surface area contributed by atoms with E-state index in [1.54, 1.807) is 12.4 Å². The van der Waals surface area contributed by atoms with E-state index >= 15 is 0 Å². The lowest BCUT2D eigenvalue weighted by Crippen LogP contribution is -1.90. The van der Waals surface area contributed by atoms with E-state index in [-0.39, 0.29) is 0 Å². The number of hydrogen-bond acceptors (Lipinski definition) is 2. The Balaban J connectivity index is 2.40. The van der Waals surface area contributed by atoms with E-state index in [0.29, 0.717) is 5.69 Å². The van der Waals surface area contributed by atoms with Crippen molar-refractivity contribution in [1.82, 2.24) is 4.98 Å². The summed E-state index contributed by atoms with van der Waals surface area (Å²) in [6.07, 6.45) is 3.52. The minimum atomic E-state index is 0.683. The second-order valence-electron chi connectivity index (χ2n) is 3.67. The summed E-state index contributed by atoms with van der Waals surface area (Å²) in [5.41, 5.74) is 9.39. The molecule has 0 saturated heterocycles. The Labute approximate surface area is 109 Å². The Morgan fingerprint density at radius 1 is 1.18 bits per heavy atom. The van der Waals surface area contributed by atoms with Crippen LogP contribution < -0.4 is 5.73 Å². The maximum absolute atomic E-state index is 5.85. The molecular weight excluding hydrogens is 276 g/mol. The number of anilines is 1. The van der Waals surface area contributed by atoms with Crippen molar-refractivity contribution < 1.29 is 0 Å². The van der Waals surface area contributed by atoms with Gasteiger partial charge in [0.05, 0.1) is 0 Å². The summed E-state index contributed by atoms with van der Waals surface area (Å²) in [6.45, 7) is 2.01. The minimum Gasteiger partial charge on any atom is -0.398 e. The molecule has 2 N–H and O–H groups in total. The summed E-state index contributed by atoms with van der Waals surface area (Å²) in [5, 5.41) is 0. The Bertz CT molecular complexity index is 609. The Hall–Kier alpha value is -1.79. The quantitative estimate of drug-likeness (QED) is 0.597. The van der Waals surface area contributed by atoms with Gasteiger partial charge in [-0.1, -0.05) is 27.8 Å². The fourth-order valence-electron chi connectivity index (χ4n) is 1.37. The summed E-state index contributed by atoms with van der Waals surface area (Å²) in [4.78, 5) is 4.05. The molecule has 0 aliphatic rings. The van der Waals surface area contributed by atoms with Crippen molar-refractivity contribution >= 4 is 21.6 Å². The van der Waals surface area contributed by atoms with Crippen molar-refractivity contribution in [2.24, 2.45) is 0 Å². The molecule has 84 valence electrons. The summed E-state index contributed by atoms with van der Waals surface area (Å²) >= 11 is 3.40. The molecular formula is C14H11BrN2. The zero-order chi connectivity index (χ0) is 12.3. The van der Waals surface area contributed by atoms with Crippen LogP contribution in [0.15, 0.2) is 41.1 Å². The van der Waals surface area contributed by atoms with Crippen LogP contribution in [0.1, 0.15) is 16.7 Å². The molecule has 0 spiro atoms. The molecule has 1 heterocycles. The van der Waals surface area contributed by atoms with Crippen molar-refractivity contribution in [3.8, 4) is 11.8 Å². The second kappa shape index (κ2) is 5.03. The number of aryl methyl sites for hydroxylation is 1. The van der Waals surface area contributed by atoms with Gasteiger partial charge in [0.2, 0.25) is 0 Å². The average Bonchev–Trinajstić information content (AvgIpc) is 2.32. The van der Waals surface area contributed by atoms with Gasteiger partial charge in [-0.3, -0.25) is 4.98 Å². The predicted molar refractivity (Wildman–Crippen MR) is 73.5 cm³/mol. The van der Waals surface area contributed by atoms with Crippen LogP contribution in [0, 0.1) is 18.8 Å². The number of nitrogens with zero attached hydrogens (tertiary/aromatic N) is 1. The van der Waals surface area contributed by atoms with Crippen LogP contribution in [-0.2, 0) is 0 Å². The molecule has 0 amide bonds. The van der Waals surface area contributed by atoms with Gasteiger partial charge in [0.15, 0.2) is 0 Å². The normalized spacial score (nSPS) is 9.53. The summed E-state index contributed by atoms with van der Waals surface area (Å²) < 4.78 is 0.971. The third-order valence-electron chi connectivity index (χ3n) is 2.39. The fraction of sp³-hybridized carbons (Fsp3) is 0.0714. The smallest absolute Gasteiger partial charge is 0.0489 e. The highest BCUT2D eigenvalue weighted by molar-refractivity contribution is 9.10. The Morgan fingerprint density at radius 3 is 2.71 bits per heavy atom. The minimum absolute atomic E-state index is 0.683. The van der Waals surface area contributed by atoms with Gasteiger partial charge in [0.25, 0.3) is 0 Å². The number of aromatic nitrogens is 1. The number of halogens is 1. The molecule has 17 heavy (non-hydrogen) atoms. The van der Waals surface area contributed by atoms with Crippen molar-refractivity contribution in [2.75, 3.05) is 5.73 Å². The predicted octanol–water partition coefficient (Wildman–Crippen LogP) is 3.13. The first-order valence-electron chi connectivity index (χ1n) is 5.14. The SMILES string of the molecule is Cc1ccncc1C#Cc1cc(Br)ccc1N. The zero-order valence-corrected chi connectivity index (χ0v) is 11.0. The maximum atomic E-state index is 5.85. The van der Waals surface area contributed by atoms with Crippen LogP contribution >= 0.6 is 15.9 Å². The molecule has 0 unspecified atom stereocenters. The van der Waals surface area contributed by atoms with Gasteiger partial charge >= 0.3 is 0 Å². The van der Waals surface area contributed by atoms with Gasteiger partial charge in [0.1, 0.15) is 0 Å². The first-order chi connectivity index (χ1) is 8.16. The highest BCUT2D eigenvalue weighted by atomic mass is 79.9. The first-order valence-corrected chi connectivity index (χ1v) is 5.94. The van der Waals surface area contributed by atoms with E-state index < -0.39 is 0 Å². The van der Waals surface area contributed by atoms with Crippen LogP contribution in [-0.4, -0.2) is 4.98 Å². The van der Waals surface area contributed by atoms with E-state index in [9.17, 15) is 0 Å². The number of rotatable bonds is 0. The van der Waals surface area contributed by atoms with Crippen molar-refractivity contribution in [1.29, 1.82) is 0 Å². The molecule has 0 saturated carbocycles. The van der Waals surface area contributed by atoms with Crippen LogP contribution in [0.3, 0.4) is 0 Å². The molecule has 0 atom stereocenters. The highest BCUT2D eigenvalue weighted by Crippen LogP contribution is 2.17. The largest absolute Gasteiger partial charge is 0.398 e. The van der Waals surface area contributed by atoms with E-state index in [1.165, 1.54) is 0 Å². The fourth-order valence-corrected chi connectivity index (χ4v) is 1.73. The lowest BCUT2D eigenvalue weighted by molar-refractivity contribution is 1.27. The number of nitrogens with two attached hydrogens (primary N) is 1. The number of pyridine rings is 1. The standard InChI is InChI=1S/C14H11BrN2/c1-10-6-7-17-9-12(10)3-2-11-8-13(15)4-5-14(11)16/h4-9H,16H2,1H3. The molecule has 0 fully saturated rings. The highest BCUT2D eigenvalue weighted by Gasteiger charge is 1.97. The van der Waals surface area contributed by atoms with Crippen LogP contribution in [0.25, 0.3) is 0 Å². The molecule has 2 rings (SSSR count). The van der Waals surface area contributed by atoms with Gasteiger partial charge in [-0.25, -0.2) is 0 Å². The molecule has 1 aromatic heterocycles. The van der Waals surface area contributed by atoms with Crippen LogP contribution in [0.4, 0.5) is 5.69 Å². The van der Waals surface area contributed by atoms with Gasteiger partial charge in [0, 0.05) is 33.7 Å². The molecule has 0 radical (unpaired) electrons. The van der Waals surface area contributed by atoms with Gasteiger partial charge in [-0.2, -0.15) is 0 Å². The Morgan fingerprint density at radius 2 is 1.94 bits per heavy atom. The monoisotopic (exact) mass is 286 g/mol. The van der Waals surface area contributed by atoms with E-state index in [1.807, 2.05) is 31.2 Å². The zero-order valence-electron chi connectivity index (χ0n) is 9.37. The lowest BCUT2D eigenvalue weighted by atomic mass is 10.1. The molecule has 0 aliphatic heterocycles. The third-order valence-corrected chi connectivity index (χ3v) is 2.88. The van der Waals surface area contributed by atoms with Gasteiger partial charge in [-0.05, 0) is 36.8 Å². The molecule has 1 aromatic carbocycles. The second-order valence-corrected chi connectivity index (χ2v) is 4.59. The molecule has 0 aliphatic carbocycles. The van der Waals surface area contributed by atoms with Gasteiger partial charge < -0.3 is 5.73 Å². The third kappa shape index (κ3) is 2.86. The van der Waals surface area contributed by atoms with Gasteiger partial charge in [-0.15, -0.1) is 0 Å². The van der Waals surface area contributed by atoms with E-state index in [4.69, 9.17) is 5.73 Å². The number of nitrogen functional groups attached to an aromatic ring is 1. The first kappa shape index (κ1) is 11.7. The topological polar surface area (TPSA) is 38.9 Å². The maximum Gasteiger partial charge on any atom is 0.0489 e. The van der Waals surface area contributed by atoms with Crippen molar-refractivity contribution in [3.05, 3.63) is 57.8 Å². The van der Waals surface area contributed by atoms with Crippen molar-refractivity contribution in [3.63, 3.8) is 0 Å². The molecule has 2 nitrogen and oxygen atoms in total. The van der Waals surface area contributed by atoms with Crippen molar-refractivity contribution in [2.45, 2.75) is 6.92 Å². The lowest BCUT2D eigenvalue weighted by Gasteiger charge is -1.98. The summed E-state index contributed by atoms with van der Waals surface area (Å²) in [7, 11) is 0. The molecule has 3 heteroatoms. The van der Waals surface area contributed by atoms with E-state index in [0.717, 1.165) is 21.2 Å². The Kier molecular flexibility index (Phi) is 3.46. The molecule has 0 bridgehead atoms. The summed E-state index contributed by atoms with van der Waals surface area (Å²) in [5.74, 6) is 6.15. The average molecular weight is 287 g/mol. The number of hydrogen-bond donors (Lipinski definition) is 1.